The molecule has 0 aliphatic rings. The van der Waals surface area contributed by atoms with Crippen molar-refractivity contribution >= 4 is 34.9 Å². The minimum atomic E-state index is 0.427. The molecule has 118 valence electrons. The first-order valence-electron chi connectivity index (χ1n) is 6.78. The van der Waals surface area contributed by atoms with E-state index in [0.717, 1.165) is 5.69 Å². The predicted molar refractivity (Wildman–Crippen MR) is 87.8 cm³/mol. The molecule has 0 atom stereocenters. The van der Waals surface area contributed by atoms with E-state index >= 15 is 0 Å². The number of halogens is 1. The number of nitrogens with zero attached hydrogens (tertiary/aromatic N) is 3. The summed E-state index contributed by atoms with van der Waals surface area (Å²) in [4.78, 5) is 8.53. The van der Waals surface area contributed by atoms with Gasteiger partial charge in [0.25, 0.3) is 0 Å². The zero-order valence-corrected chi connectivity index (χ0v) is 13.3. The molecule has 0 fully saturated rings. The molecule has 0 aliphatic carbocycles. The maximum absolute atomic E-state index is 6.10. The van der Waals surface area contributed by atoms with Gasteiger partial charge in [-0.05, 0) is 31.2 Å². The highest BCUT2D eigenvalue weighted by molar-refractivity contribution is 6.32. The van der Waals surface area contributed by atoms with Gasteiger partial charge < -0.3 is 19.9 Å². The van der Waals surface area contributed by atoms with Crippen LogP contribution < -0.4 is 15.4 Å². The molecular weight excluding hydrogens is 318 g/mol. The average Bonchev–Trinajstić information content (AvgIpc) is 2.93. The predicted octanol–water partition coefficient (Wildman–Crippen LogP) is 3.92. The Morgan fingerprint density at radius 2 is 2.00 bits per heavy atom. The SMILES string of the molecule is COc1ccc(Nc2nccc(Nc3cc(C)on3)n2)cc1Cl. The fourth-order valence-electron chi connectivity index (χ4n) is 1.92. The van der Waals surface area contributed by atoms with Gasteiger partial charge in [-0.2, -0.15) is 4.98 Å². The monoisotopic (exact) mass is 331 g/mol. The maximum atomic E-state index is 6.10. The molecule has 7 nitrogen and oxygen atoms in total. The van der Waals surface area contributed by atoms with Crippen LogP contribution in [0.2, 0.25) is 5.02 Å². The van der Waals surface area contributed by atoms with Crippen LogP contribution in [0.15, 0.2) is 41.1 Å². The number of hydrogen-bond acceptors (Lipinski definition) is 7. The Hall–Kier alpha value is -2.80. The zero-order chi connectivity index (χ0) is 16.2. The number of aryl methyl sites for hydroxylation is 1. The topological polar surface area (TPSA) is 85.1 Å². The minimum absolute atomic E-state index is 0.427. The van der Waals surface area contributed by atoms with Crippen LogP contribution in [-0.2, 0) is 0 Å². The Bertz CT molecular complexity index is 821. The average molecular weight is 332 g/mol. The summed E-state index contributed by atoms with van der Waals surface area (Å²) in [5, 5.41) is 10.5. The second-order valence-electron chi connectivity index (χ2n) is 4.69. The number of anilines is 4. The van der Waals surface area contributed by atoms with E-state index in [-0.39, 0.29) is 0 Å². The summed E-state index contributed by atoms with van der Waals surface area (Å²) in [5.74, 6) is 2.93. The summed E-state index contributed by atoms with van der Waals surface area (Å²) in [6, 6.07) is 8.85. The van der Waals surface area contributed by atoms with E-state index in [4.69, 9.17) is 20.9 Å². The van der Waals surface area contributed by atoms with Gasteiger partial charge in [-0.3, -0.25) is 0 Å². The second-order valence-corrected chi connectivity index (χ2v) is 5.09. The molecule has 0 amide bonds. The molecule has 2 N–H and O–H groups in total. The lowest BCUT2D eigenvalue weighted by Crippen LogP contribution is -2.00. The summed E-state index contributed by atoms with van der Waals surface area (Å²) >= 11 is 6.10. The van der Waals surface area contributed by atoms with Crippen LogP contribution in [0, 0.1) is 6.92 Å². The third kappa shape index (κ3) is 3.70. The molecule has 2 heterocycles. The third-order valence-electron chi connectivity index (χ3n) is 2.95. The van der Waals surface area contributed by atoms with Crippen molar-refractivity contribution in [2.45, 2.75) is 6.92 Å². The van der Waals surface area contributed by atoms with Crippen LogP contribution in [0.5, 0.6) is 5.75 Å². The summed E-state index contributed by atoms with van der Waals surface area (Å²) in [6.07, 6.45) is 1.63. The molecule has 3 aromatic rings. The molecule has 0 radical (unpaired) electrons. The largest absolute Gasteiger partial charge is 0.495 e. The highest BCUT2D eigenvalue weighted by Crippen LogP contribution is 2.28. The molecular formula is C15H14ClN5O2. The first-order valence-corrected chi connectivity index (χ1v) is 7.16. The lowest BCUT2D eigenvalue weighted by molar-refractivity contribution is 0.400. The van der Waals surface area contributed by atoms with Crippen molar-refractivity contribution < 1.29 is 9.26 Å². The van der Waals surface area contributed by atoms with Gasteiger partial charge in [-0.1, -0.05) is 16.8 Å². The van der Waals surface area contributed by atoms with Gasteiger partial charge in [0.1, 0.15) is 17.3 Å². The van der Waals surface area contributed by atoms with Crippen molar-refractivity contribution in [2.24, 2.45) is 0 Å². The Morgan fingerprint density at radius 1 is 1.13 bits per heavy atom. The fraction of sp³-hybridized carbons (Fsp3) is 0.133. The van der Waals surface area contributed by atoms with Crippen LogP contribution in [0.3, 0.4) is 0 Å². The van der Waals surface area contributed by atoms with Crippen molar-refractivity contribution in [2.75, 3.05) is 17.7 Å². The minimum Gasteiger partial charge on any atom is -0.495 e. The standard InChI is InChI=1S/C15H14ClN5O2/c1-9-7-14(21-23-9)19-13-5-6-17-15(20-13)18-10-3-4-12(22-2)11(16)8-10/h3-8H,1-2H3,(H2,17,18,19,20,21). The van der Waals surface area contributed by atoms with Crippen molar-refractivity contribution in [3.63, 3.8) is 0 Å². The van der Waals surface area contributed by atoms with Gasteiger partial charge >= 0.3 is 0 Å². The molecule has 8 heteroatoms. The molecule has 0 bridgehead atoms. The summed E-state index contributed by atoms with van der Waals surface area (Å²) in [6.45, 7) is 1.82. The molecule has 1 aromatic carbocycles. The number of methoxy groups -OCH3 is 1. The van der Waals surface area contributed by atoms with E-state index in [9.17, 15) is 0 Å². The van der Waals surface area contributed by atoms with E-state index in [1.165, 1.54) is 0 Å². The fourth-order valence-corrected chi connectivity index (χ4v) is 2.18. The van der Waals surface area contributed by atoms with Crippen molar-refractivity contribution in [1.29, 1.82) is 0 Å². The van der Waals surface area contributed by atoms with E-state index in [1.54, 1.807) is 37.6 Å². The highest BCUT2D eigenvalue weighted by atomic mass is 35.5. The summed E-state index contributed by atoms with van der Waals surface area (Å²) in [7, 11) is 1.57. The number of rotatable bonds is 5. The molecule has 0 aliphatic heterocycles. The molecule has 2 aromatic heterocycles. The molecule has 23 heavy (non-hydrogen) atoms. The van der Waals surface area contributed by atoms with Gasteiger partial charge in [0.2, 0.25) is 5.95 Å². The van der Waals surface area contributed by atoms with Gasteiger partial charge in [-0.15, -0.1) is 0 Å². The molecule has 0 saturated carbocycles. The molecule has 3 rings (SSSR count). The lowest BCUT2D eigenvalue weighted by atomic mass is 10.3. The van der Waals surface area contributed by atoms with E-state index in [1.807, 2.05) is 13.0 Å². The zero-order valence-electron chi connectivity index (χ0n) is 12.5. The highest BCUT2D eigenvalue weighted by Gasteiger charge is 2.06. The Morgan fingerprint density at radius 3 is 2.70 bits per heavy atom. The first kappa shape index (κ1) is 15.1. The van der Waals surface area contributed by atoms with Crippen molar-refractivity contribution in [1.82, 2.24) is 15.1 Å². The van der Waals surface area contributed by atoms with Crippen LogP contribution in [-0.4, -0.2) is 22.2 Å². The quantitative estimate of drug-likeness (QED) is 0.732. The van der Waals surface area contributed by atoms with Crippen LogP contribution in [0.25, 0.3) is 0 Å². The van der Waals surface area contributed by atoms with Gasteiger partial charge in [-0.25, -0.2) is 4.98 Å². The van der Waals surface area contributed by atoms with Crippen LogP contribution in [0.4, 0.5) is 23.3 Å². The molecule has 0 spiro atoms. The maximum Gasteiger partial charge on any atom is 0.229 e. The van der Waals surface area contributed by atoms with E-state index in [0.29, 0.717) is 34.1 Å². The number of ether oxygens (including phenoxy) is 1. The van der Waals surface area contributed by atoms with Gasteiger partial charge in [0, 0.05) is 18.0 Å². The van der Waals surface area contributed by atoms with E-state index < -0.39 is 0 Å². The summed E-state index contributed by atoms with van der Waals surface area (Å²) in [5.41, 5.74) is 0.755. The number of nitrogens with one attached hydrogen (secondary N) is 2. The smallest absolute Gasteiger partial charge is 0.229 e. The molecule has 0 unspecified atom stereocenters. The van der Waals surface area contributed by atoms with Gasteiger partial charge in [0.15, 0.2) is 5.82 Å². The van der Waals surface area contributed by atoms with Crippen molar-refractivity contribution in [3.05, 3.63) is 47.3 Å². The third-order valence-corrected chi connectivity index (χ3v) is 3.24. The Kier molecular flexibility index (Phi) is 4.29. The number of hydrogen-bond donors (Lipinski definition) is 2. The summed E-state index contributed by atoms with van der Waals surface area (Å²) < 4.78 is 10.1. The second kappa shape index (κ2) is 6.53. The molecule has 0 saturated heterocycles. The normalized spacial score (nSPS) is 10.4. The number of aromatic nitrogens is 3. The number of benzene rings is 1. The lowest BCUT2D eigenvalue weighted by Gasteiger charge is -2.08. The Balaban J connectivity index is 1.76. The van der Waals surface area contributed by atoms with Gasteiger partial charge in [0.05, 0.1) is 12.1 Å². The van der Waals surface area contributed by atoms with Crippen LogP contribution >= 0.6 is 11.6 Å². The van der Waals surface area contributed by atoms with Crippen LogP contribution in [0.1, 0.15) is 5.76 Å². The van der Waals surface area contributed by atoms with E-state index in [2.05, 4.69) is 25.8 Å². The Labute approximate surface area is 137 Å². The first-order chi connectivity index (χ1) is 11.1. The van der Waals surface area contributed by atoms with Crippen molar-refractivity contribution in [3.8, 4) is 5.75 Å².